The zero-order valence-electron chi connectivity index (χ0n) is 24.8. The van der Waals surface area contributed by atoms with Gasteiger partial charge in [-0.1, -0.05) is 0 Å². The van der Waals surface area contributed by atoms with Gasteiger partial charge in [0.15, 0.2) is 5.96 Å². The molecule has 19 N–H and O–H groups in total. The number of amides is 8. The summed E-state index contributed by atoms with van der Waals surface area (Å²) in [6.07, 6.45) is 1.61. The Kier molecular flexibility index (Phi) is 14.6. The highest BCUT2D eigenvalue weighted by Gasteiger charge is 2.35. The Morgan fingerprint density at radius 2 is 1.72 bits per heavy atom. The average molecular weight is 655 g/mol. The van der Waals surface area contributed by atoms with Gasteiger partial charge in [0.1, 0.15) is 29.9 Å². The highest BCUT2D eigenvalue weighted by molar-refractivity contribution is 6.02. The molecule has 46 heavy (non-hydrogen) atoms. The van der Waals surface area contributed by atoms with Crippen LogP contribution in [0.3, 0.4) is 0 Å². The number of urea groups is 1. The fourth-order valence-corrected chi connectivity index (χ4v) is 4.14. The number of aliphatic imine (C=N–C) groups is 1. The first-order valence-corrected chi connectivity index (χ1v) is 14.2. The predicted molar refractivity (Wildman–Crippen MR) is 160 cm³/mol. The van der Waals surface area contributed by atoms with E-state index in [1.165, 1.54) is 0 Å². The third kappa shape index (κ3) is 11.5. The lowest BCUT2D eigenvalue weighted by Crippen LogP contribution is -2.64. The number of carbonyl (C=O) groups excluding carboxylic acids is 7. The Morgan fingerprint density at radius 3 is 2.35 bits per heavy atom. The molecule has 0 aliphatic carbocycles. The summed E-state index contributed by atoms with van der Waals surface area (Å²) in [5.41, 5.74) is 27.4. The lowest BCUT2D eigenvalue weighted by molar-refractivity contribution is -0.134. The monoisotopic (exact) mass is 654 g/mol. The van der Waals surface area contributed by atoms with Gasteiger partial charge < -0.3 is 76.3 Å². The molecule has 0 unspecified atom stereocenters. The van der Waals surface area contributed by atoms with Crippen molar-refractivity contribution in [3.63, 3.8) is 0 Å². The van der Waals surface area contributed by atoms with Gasteiger partial charge in [0.2, 0.25) is 29.5 Å². The topological polar surface area (TPSA) is 378 Å². The third-order valence-electron chi connectivity index (χ3n) is 6.71. The van der Waals surface area contributed by atoms with Gasteiger partial charge in [-0.3, -0.25) is 33.8 Å². The van der Waals surface area contributed by atoms with Crippen molar-refractivity contribution in [1.29, 1.82) is 0 Å². The molecule has 2 aliphatic rings. The van der Waals surface area contributed by atoms with Gasteiger partial charge in [0.25, 0.3) is 5.91 Å². The molecule has 2 aliphatic heterocycles. The Hall–Kier alpha value is -5.06. The highest BCUT2D eigenvalue weighted by Crippen LogP contribution is 2.07. The summed E-state index contributed by atoms with van der Waals surface area (Å²) in [6, 6.07) is -9.04. The van der Waals surface area contributed by atoms with Gasteiger partial charge in [0, 0.05) is 25.8 Å². The van der Waals surface area contributed by atoms with E-state index in [1.54, 1.807) is 0 Å². The van der Waals surface area contributed by atoms with E-state index in [0.29, 0.717) is 6.42 Å². The Morgan fingerprint density at radius 1 is 1.02 bits per heavy atom. The highest BCUT2D eigenvalue weighted by atomic mass is 16.3. The van der Waals surface area contributed by atoms with Crippen LogP contribution in [0.15, 0.2) is 16.9 Å². The van der Waals surface area contributed by atoms with E-state index in [-0.39, 0.29) is 31.9 Å². The second-order valence-electron chi connectivity index (χ2n) is 10.3. The second-order valence-corrected chi connectivity index (χ2v) is 10.3. The zero-order valence-corrected chi connectivity index (χ0v) is 24.8. The van der Waals surface area contributed by atoms with Crippen molar-refractivity contribution in [1.82, 2.24) is 42.5 Å². The number of nitrogens with two attached hydrogens (primary N) is 5. The maximum absolute atomic E-state index is 13.4. The molecule has 1 fully saturated rings. The summed E-state index contributed by atoms with van der Waals surface area (Å²) >= 11 is 0. The van der Waals surface area contributed by atoms with Gasteiger partial charge in [0.05, 0.1) is 18.7 Å². The van der Waals surface area contributed by atoms with Crippen molar-refractivity contribution in [2.75, 3.05) is 32.8 Å². The van der Waals surface area contributed by atoms with Crippen LogP contribution in [0.4, 0.5) is 4.79 Å². The van der Waals surface area contributed by atoms with Crippen LogP contribution in [0.1, 0.15) is 19.3 Å². The number of hydrogen-bond acceptors (Lipinski definition) is 14. The van der Waals surface area contributed by atoms with Crippen molar-refractivity contribution in [2.24, 2.45) is 33.7 Å². The van der Waals surface area contributed by atoms with Crippen LogP contribution >= 0.6 is 0 Å². The summed E-state index contributed by atoms with van der Waals surface area (Å²) in [5.74, 6) is -5.78. The second kappa shape index (κ2) is 18.0. The molecule has 2 rings (SSSR count). The standard InChI is InChI=1S/C24H42N14O8/c25-4-1-2-10(26)17(40)32-7-13-19(42)34-14(8-33-24(29)46)20(43)38-16(12-3-5-30-23(28)37-12)22(45)31-6-11(27)18(41)36-15(9-39)21(44)35-13/h8,10-13,15-16,39H,1-7,9,25-27H2,(H,31,45)(H,32,40)(H,34,42)(H,35,44)(H,36,41)(H,38,43)(H3,28,30,37)(H3,29,33,46)/b14-8-/t10-,11-,12-,13-,15-,16-/m0/s1. The number of primary amides is 1. The van der Waals surface area contributed by atoms with Crippen LogP contribution in [0.5, 0.6) is 0 Å². The van der Waals surface area contributed by atoms with E-state index in [2.05, 4.69) is 42.2 Å². The molecule has 2 heterocycles. The number of nitrogens with one attached hydrogen (secondary N) is 8. The maximum Gasteiger partial charge on any atom is 0.316 e. The number of hydrogen-bond donors (Lipinski definition) is 14. The van der Waals surface area contributed by atoms with Crippen molar-refractivity contribution in [2.45, 2.75) is 55.5 Å². The maximum atomic E-state index is 13.4. The first-order valence-electron chi connectivity index (χ1n) is 14.2. The van der Waals surface area contributed by atoms with Crippen LogP contribution in [0.25, 0.3) is 0 Å². The fourth-order valence-electron chi connectivity index (χ4n) is 4.14. The Bertz CT molecular complexity index is 1230. The molecule has 8 amide bonds. The molecular weight excluding hydrogens is 612 g/mol. The molecule has 0 bridgehead atoms. The van der Waals surface area contributed by atoms with Gasteiger partial charge in [-0.25, -0.2) is 4.79 Å². The smallest absolute Gasteiger partial charge is 0.316 e. The summed E-state index contributed by atoms with van der Waals surface area (Å²) in [6.45, 7) is -1.51. The number of nitrogens with zero attached hydrogens (tertiary/aromatic N) is 1. The van der Waals surface area contributed by atoms with E-state index < -0.39 is 103 Å². The summed E-state index contributed by atoms with van der Waals surface area (Å²) in [5, 5.41) is 28.6. The molecule has 0 aromatic heterocycles. The van der Waals surface area contributed by atoms with Gasteiger partial charge in [-0.05, 0) is 25.8 Å². The molecule has 0 saturated carbocycles. The minimum atomic E-state index is -1.65. The van der Waals surface area contributed by atoms with Crippen LogP contribution in [-0.2, 0) is 28.8 Å². The third-order valence-corrected chi connectivity index (χ3v) is 6.71. The molecule has 0 radical (unpaired) electrons. The van der Waals surface area contributed by atoms with Crippen LogP contribution in [0, 0.1) is 0 Å². The number of carbonyl (C=O) groups is 7. The fraction of sp³-hybridized carbons (Fsp3) is 0.583. The predicted octanol–water partition coefficient (Wildman–Crippen LogP) is -8.62. The van der Waals surface area contributed by atoms with Crippen LogP contribution in [-0.4, -0.2) is 122 Å². The molecule has 0 aromatic rings. The molecule has 22 nitrogen and oxygen atoms in total. The zero-order chi connectivity index (χ0) is 34.4. The molecular formula is C24H42N14O8. The van der Waals surface area contributed by atoms with E-state index >= 15 is 0 Å². The normalized spacial score (nSPS) is 26.6. The average Bonchev–Trinajstić information content (AvgIpc) is 3.02. The van der Waals surface area contributed by atoms with Crippen LogP contribution < -0.4 is 71.2 Å². The summed E-state index contributed by atoms with van der Waals surface area (Å²) in [7, 11) is 0. The lowest BCUT2D eigenvalue weighted by atomic mass is 10.0. The van der Waals surface area contributed by atoms with Crippen molar-refractivity contribution < 1.29 is 38.7 Å². The van der Waals surface area contributed by atoms with E-state index in [9.17, 15) is 38.7 Å². The van der Waals surface area contributed by atoms with Crippen molar-refractivity contribution in [3.8, 4) is 0 Å². The molecule has 22 heteroatoms. The van der Waals surface area contributed by atoms with Gasteiger partial charge >= 0.3 is 6.03 Å². The Balaban J connectivity index is 2.49. The van der Waals surface area contributed by atoms with Crippen molar-refractivity contribution in [3.05, 3.63) is 11.9 Å². The largest absolute Gasteiger partial charge is 0.394 e. The molecule has 256 valence electrons. The molecule has 0 spiro atoms. The lowest BCUT2D eigenvalue weighted by Gasteiger charge is -2.31. The number of guanidine groups is 1. The van der Waals surface area contributed by atoms with E-state index in [0.717, 1.165) is 6.20 Å². The molecule has 1 saturated heterocycles. The Labute approximate surface area is 262 Å². The minimum Gasteiger partial charge on any atom is -0.394 e. The number of aliphatic hydroxyl groups excluding tert-OH is 1. The summed E-state index contributed by atoms with van der Waals surface area (Å²) in [4.78, 5) is 93.7. The van der Waals surface area contributed by atoms with E-state index in [4.69, 9.17) is 28.7 Å². The van der Waals surface area contributed by atoms with Crippen molar-refractivity contribution >= 4 is 47.4 Å². The first kappa shape index (κ1) is 37.1. The van der Waals surface area contributed by atoms with Gasteiger partial charge in [-0.15, -0.1) is 0 Å². The van der Waals surface area contributed by atoms with Gasteiger partial charge in [-0.2, -0.15) is 0 Å². The SMILES string of the molecule is NCCC[C@H](N)C(=O)NC[C@@H]1NC(=O)[C@H](CO)NC(=O)[C@@H](N)CNC(=O)[C@H]([C@@H]2CCN=C(N)N2)NC(=O)/C(=C/NC(N)=O)NC1=O. The number of rotatable bonds is 9. The summed E-state index contributed by atoms with van der Waals surface area (Å²) < 4.78 is 0. The minimum absolute atomic E-state index is 0.0144. The first-order chi connectivity index (χ1) is 21.8. The van der Waals surface area contributed by atoms with E-state index in [1.807, 2.05) is 5.32 Å². The molecule has 0 aromatic carbocycles. The quantitative estimate of drug-likeness (QED) is 0.103. The number of aliphatic hydroxyl groups is 1. The van der Waals surface area contributed by atoms with Crippen LogP contribution in [0.2, 0.25) is 0 Å². The molecule has 6 atom stereocenters.